The number of anilines is 2. The van der Waals surface area contributed by atoms with Gasteiger partial charge in [0.25, 0.3) is 5.91 Å². The molecule has 28 heavy (non-hydrogen) atoms. The van der Waals surface area contributed by atoms with Crippen LogP contribution >= 0.6 is 0 Å². The minimum atomic E-state index is -0.571. The van der Waals surface area contributed by atoms with Crippen LogP contribution in [0.15, 0.2) is 54.7 Å². The van der Waals surface area contributed by atoms with Crippen LogP contribution in [0.2, 0.25) is 0 Å². The van der Waals surface area contributed by atoms with Crippen molar-refractivity contribution < 1.29 is 14.0 Å². The second-order valence-corrected chi connectivity index (χ2v) is 6.33. The van der Waals surface area contributed by atoms with Crippen LogP contribution in [0.25, 0.3) is 0 Å². The minimum absolute atomic E-state index is 0.0146. The lowest BCUT2D eigenvalue weighted by Crippen LogP contribution is -2.15. The number of nitrogens with zero attached hydrogens (tertiary/aromatic N) is 2. The van der Waals surface area contributed by atoms with Gasteiger partial charge in [0.1, 0.15) is 5.82 Å². The Balaban J connectivity index is 1.80. The smallest absolute Gasteiger partial charge is 0.259 e. The summed E-state index contributed by atoms with van der Waals surface area (Å²) >= 11 is 0. The Morgan fingerprint density at radius 1 is 1.11 bits per heavy atom. The molecule has 3 aromatic rings. The van der Waals surface area contributed by atoms with Gasteiger partial charge in [0.2, 0.25) is 5.91 Å². The van der Waals surface area contributed by atoms with Crippen molar-refractivity contribution in [1.82, 2.24) is 9.78 Å². The highest BCUT2D eigenvalue weighted by molar-refractivity contribution is 6.05. The minimum Gasteiger partial charge on any atom is -0.324 e. The predicted octanol–water partition coefficient (Wildman–Crippen LogP) is 3.84. The molecule has 2 aromatic carbocycles. The van der Waals surface area contributed by atoms with Crippen molar-refractivity contribution in [2.24, 2.45) is 0 Å². The van der Waals surface area contributed by atoms with Gasteiger partial charge in [0.15, 0.2) is 0 Å². The Kier molecular flexibility index (Phi) is 5.84. The van der Waals surface area contributed by atoms with Crippen LogP contribution in [0.4, 0.5) is 15.8 Å². The van der Waals surface area contributed by atoms with Gasteiger partial charge < -0.3 is 10.6 Å². The molecule has 0 aliphatic carbocycles. The van der Waals surface area contributed by atoms with E-state index in [0.717, 1.165) is 11.3 Å². The number of aromatic nitrogens is 2. The van der Waals surface area contributed by atoms with Crippen molar-refractivity contribution in [2.45, 2.75) is 26.8 Å². The molecular weight excluding hydrogens is 359 g/mol. The molecule has 2 amide bonds. The van der Waals surface area contributed by atoms with E-state index in [2.05, 4.69) is 15.7 Å². The third-order valence-corrected chi connectivity index (χ3v) is 4.24. The summed E-state index contributed by atoms with van der Waals surface area (Å²) in [6, 6.07) is 13.9. The van der Waals surface area contributed by atoms with E-state index in [9.17, 15) is 14.0 Å². The zero-order valence-electron chi connectivity index (χ0n) is 15.7. The number of nitrogens with one attached hydrogen (secondary N) is 2. The summed E-state index contributed by atoms with van der Waals surface area (Å²) in [4.78, 5) is 23.9. The van der Waals surface area contributed by atoms with Crippen LogP contribution in [0.5, 0.6) is 0 Å². The third kappa shape index (κ3) is 4.43. The fourth-order valence-electron chi connectivity index (χ4n) is 2.95. The van der Waals surface area contributed by atoms with Gasteiger partial charge in [-0.15, -0.1) is 0 Å². The average Bonchev–Trinajstić information content (AvgIpc) is 3.07. The highest BCUT2D eigenvalue weighted by Crippen LogP contribution is 2.21. The third-order valence-electron chi connectivity index (χ3n) is 4.24. The summed E-state index contributed by atoms with van der Waals surface area (Å²) in [6.07, 6.45) is 2.17. The molecule has 0 aliphatic rings. The van der Waals surface area contributed by atoms with E-state index in [1.807, 2.05) is 37.3 Å². The van der Waals surface area contributed by atoms with Gasteiger partial charge in [-0.3, -0.25) is 14.3 Å². The van der Waals surface area contributed by atoms with Crippen molar-refractivity contribution in [2.75, 3.05) is 10.6 Å². The summed E-state index contributed by atoms with van der Waals surface area (Å²) in [6.45, 7) is 3.82. The molecule has 7 heteroatoms. The molecule has 1 aromatic heterocycles. The maximum Gasteiger partial charge on any atom is 0.259 e. The molecule has 2 N–H and O–H groups in total. The number of halogens is 1. The first-order valence-corrected chi connectivity index (χ1v) is 8.95. The zero-order chi connectivity index (χ0) is 20.1. The van der Waals surface area contributed by atoms with Gasteiger partial charge in [0, 0.05) is 12.6 Å². The van der Waals surface area contributed by atoms with Crippen molar-refractivity contribution in [3.63, 3.8) is 0 Å². The van der Waals surface area contributed by atoms with Crippen LogP contribution in [-0.2, 0) is 17.8 Å². The molecule has 0 spiro atoms. The number of benzene rings is 2. The molecule has 0 bridgehead atoms. The average molecular weight is 380 g/mol. The Bertz CT molecular complexity index is 999. The van der Waals surface area contributed by atoms with E-state index in [4.69, 9.17) is 0 Å². The van der Waals surface area contributed by atoms with E-state index in [1.165, 1.54) is 31.3 Å². The van der Waals surface area contributed by atoms with Crippen LogP contribution in [0.3, 0.4) is 0 Å². The first-order chi connectivity index (χ1) is 13.5. The molecular formula is C21H21FN4O2. The predicted molar refractivity (Wildman–Crippen MR) is 106 cm³/mol. The second-order valence-electron chi connectivity index (χ2n) is 6.33. The Hall–Kier alpha value is -3.48. The Morgan fingerprint density at radius 2 is 1.86 bits per heavy atom. The number of carbonyl (C=O) groups excluding carboxylic acids is 2. The maximum atomic E-state index is 13.8. The Labute approximate surface area is 162 Å². The topological polar surface area (TPSA) is 76.0 Å². The van der Waals surface area contributed by atoms with Crippen LogP contribution in [-0.4, -0.2) is 21.6 Å². The summed E-state index contributed by atoms with van der Waals surface area (Å²) in [5.41, 5.74) is 2.76. The fourth-order valence-corrected chi connectivity index (χ4v) is 2.95. The van der Waals surface area contributed by atoms with E-state index >= 15 is 0 Å². The number of hydrogen-bond donors (Lipinski definition) is 2. The lowest BCUT2D eigenvalue weighted by Gasteiger charge is -2.10. The molecule has 0 saturated heterocycles. The number of carbonyl (C=O) groups is 2. The molecule has 0 radical (unpaired) electrons. The molecule has 1 heterocycles. The molecule has 0 unspecified atom stereocenters. The van der Waals surface area contributed by atoms with Crippen molar-refractivity contribution in [1.29, 1.82) is 0 Å². The fraction of sp³-hybridized carbons (Fsp3) is 0.190. The standard InChI is InChI=1S/C21H21FN4O2/c1-3-20-17(12-23-26(20)13-15-7-5-4-6-8-15)21(28)25-16-9-10-18(22)19(11-16)24-14(2)27/h4-12H,3,13H2,1-2H3,(H,24,27)(H,25,28). The van der Waals surface area contributed by atoms with Crippen LogP contribution in [0.1, 0.15) is 35.5 Å². The van der Waals surface area contributed by atoms with E-state index in [0.29, 0.717) is 24.2 Å². The van der Waals surface area contributed by atoms with E-state index in [-0.39, 0.29) is 11.6 Å². The van der Waals surface area contributed by atoms with Gasteiger partial charge in [-0.05, 0) is 30.2 Å². The summed E-state index contributed by atoms with van der Waals surface area (Å²) in [7, 11) is 0. The zero-order valence-corrected chi connectivity index (χ0v) is 15.7. The quantitative estimate of drug-likeness (QED) is 0.682. The molecule has 3 rings (SSSR count). The largest absolute Gasteiger partial charge is 0.324 e. The van der Waals surface area contributed by atoms with E-state index < -0.39 is 11.7 Å². The van der Waals surface area contributed by atoms with Crippen molar-refractivity contribution in [3.05, 3.63) is 77.4 Å². The molecule has 0 atom stereocenters. The van der Waals surface area contributed by atoms with Crippen molar-refractivity contribution >= 4 is 23.2 Å². The monoisotopic (exact) mass is 380 g/mol. The highest BCUT2D eigenvalue weighted by Gasteiger charge is 2.17. The Morgan fingerprint density at radius 3 is 2.54 bits per heavy atom. The normalized spacial score (nSPS) is 10.5. The molecule has 144 valence electrons. The second kappa shape index (κ2) is 8.47. The van der Waals surface area contributed by atoms with Gasteiger partial charge in [-0.25, -0.2) is 4.39 Å². The number of amides is 2. The van der Waals surface area contributed by atoms with Gasteiger partial charge in [-0.1, -0.05) is 37.3 Å². The van der Waals surface area contributed by atoms with Gasteiger partial charge >= 0.3 is 0 Å². The van der Waals surface area contributed by atoms with Crippen LogP contribution < -0.4 is 10.6 Å². The lowest BCUT2D eigenvalue weighted by atomic mass is 10.1. The number of hydrogen-bond acceptors (Lipinski definition) is 3. The SMILES string of the molecule is CCc1c(C(=O)Nc2ccc(F)c(NC(C)=O)c2)cnn1Cc1ccccc1. The van der Waals surface area contributed by atoms with Gasteiger partial charge in [0.05, 0.1) is 29.7 Å². The molecule has 0 saturated carbocycles. The summed E-state index contributed by atoms with van der Waals surface area (Å²) in [5, 5.41) is 9.49. The first kappa shape index (κ1) is 19.3. The van der Waals surface area contributed by atoms with Crippen LogP contribution in [0, 0.1) is 5.82 Å². The summed E-state index contributed by atoms with van der Waals surface area (Å²) < 4.78 is 15.6. The maximum absolute atomic E-state index is 13.8. The summed E-state index contributed by atoms with van der Waals surface area (Å²) in [5.74, 6) is -1.30. The molecule has 0 aliphatic heterocycles. The van der Waals surface area contributed by atoms with Gasteiger partial charge in [-0.2, -0.15) is 5.10 Å². The first-order valence-electron chi connectivity index (χ1n) is 8.95. The number of rotatable bonds is 6. The molecule has 6 nitrogen and oxygen atoms in total. The highest BCUT2D eigenvalue weighted by atomic mass is 19.1. The van der Waals surface area contributed by atoms with E-state index in [1.54, 1.807) is 4.68 Å². The van der Waals surface area contributed by atoms with Crippen molar-refractivity contribution in [3.8, 4) is 0 Å². The molecule has 0 fully saturated rings. The lowest BCUT2D eigenvalue weighted by molar-refractivity contribution is -0.114.